The van der Waals surface area contributed by atoms with E-state index in [0.717, 1.165) is 6.42 Å². The predicted octanol–water partition coefficient (Wildman–Crippen LogP) is 1.16. The highest BCUT2D eigenvalue weighted by Gasteiger charge is 2.08. The van der Waals surface area contributed by atoms with Crippen LogP contribution in [0.5, 0.6) is 0 Å². The Morgan fingerprint density at radius 3 is 2.62 bits per heavy atom. The van der Waals surface area contributed by atoms with Crippen molar-refractivity contribution in [3.8, 4) is 0 Å². The molecule has 0 radical (unpaired) electrons. The highest BCUT2D eigenvalue weighted by Crippen LogP contribution is 2.08. The van der Waals surface area contributed by atoms with Crippen LogP contribution in [0.25, 0.3) is 0 Å². The first-order valence-corrected chi connectivity index (χ1v) is 6.09. The van der Waals surface area contributed by atoms with Gasteiger partial charge in [-0.15, -0.1) is 0 Å². The highest BCUT2D eigenvalue weighted by molar-refractivity contribution is 5.77. The summed E-state index contributed by atoms with van der Waals surface area (Å²) >= 11 is 0. The van der Waals surface area contributed by atoms with Crippen LogP contribution >= 0.6 is 0 Å². The Bertz CT molecular complexity index is 186. The minimum Gasteiger partial charge on any atom is -0.383 e. The van der Waals surface area contributed by atoms with Crippen LogP contribution in [-0.2, 0) is 9.53 Å². The van der Waals surface area contributed by atoms with E-state index in [0.29, 0.717) is 31.7 Å². The van der Waals surface area contributed by atoms with Crippen molar-refractivity contribution in [2.24, 2.45) is 5.92 Å². The third-order valence-electron chi connectivity index (χ3n) is 2.69. The Kier molecular flexibility index (Phi) is 9.24. The van der Waals surface area contributed by atoms with E-state index in [2.05, 4.69) is 31.4 Å². The molecule has 4 heteroatoms. The van der Waals surface area contributed by atoms with Gasteiger partial charge in [0.15, 0.2) is 0 Å². The van der Waals surface area contributed by atoms with Gasteiger partial charge < -0.3 is 15.4 Å². The van der Waals surface area contributed by atoms with E-state index >= 15 is 0 Å². The Hall–Kier alpha value is -0.610. The van der Waals surface area contributed by atoms with Crippen LogP contribution in [-0.4, -0.2) is 38.8 Å². The molecule has 0 rings (SSSR count). The Balaban J connectivity index is 3.51. The molecule has 0 fully saturated rings. The molecule has 2 N–H and O–H groups in total. The fraction of sp³-hybridized carbons (Fsp3) is 0.917. The number of nitrogens with one attached hydrogen (secondary N) is 2. The van der Waals surface area contributed by atoms with Crippen molar-refractivity contribution in [1.82, 2.24) is 10.6 Å². The van der Waals surface area contributed by atoms with E-state index in [1.165, 1.54) is 6.42 Å². The lowest BCUT2D eigenvalue weighted by Crippen LogP contribution is -2.39. The van der Waals surface area contributed by atoms with Gasteiger partial charge in [0, 0.05) is 19.7 Å². The molecular formula is C12H26N2O2. The lowest BCUT2D eigenvalue weighted by atomic mass is 10.0. The zero-order chi connectivity index (χ0) is 12.4. The van der Waals surface area contributed by atoms with Crippen molar-refractivity contribution in [3.05, 3.63) is 0 Å². The maximum absolute atomic E-state index is 11.3. The third-order valence-corrected chi connectivity index (χ3v) is 2.69. The molecule has 0 bridgehead atoms. The summed E-state index contributed by atoms with van der Waals surface area (Å²) < 4.78 is 4.85. The highest BCUT2D eigenvalue weighted by atomic mass is 16.5. The second-order valence-electron chi connectivity index (χ2n) is 4.37. The fourth-order valence-electron chi connectivity index (χ4n) is 1.48. The van der Waals surface area contributed by atoms with E-state index in [4.69, 9.17) is 4.74 Å². The molecule has 0 saturated heterocycles. The zero-order valence-electron chi connectivity index (χ0n) is 11.0. The normalized spacial score (nSPS) is 14.5. The fourth-order valence-corrected chi connectivity index (χ4v) is 1.48. The van der Waals surface area contributed by atoms with Gasteiger partial charge in [-0.2, -0.15) is 0 Å². The summed E-state index contributed by atoms with van der Waals surface area (Å²) in [5.74, 6) is 0.743. The molecule has 0 aliphatic carbocycles. The molecule has 16 heavy (non-hydrogen) atoms. The lowest BCUT2D eigenvalue weighted by molar-refractivity contribution is -0.120. The number of amides is 1. The topological polar surface area (TPSA) is 50.4 Å². The molecular weight excluding hydrogens is 204 g/mol. The molecule has 2 atom stereocenters. The van der Waals surface area contributed by atoms with Crippen LogP contribution in [0.1, 0.15) is 33.6 Å². The van der Waals surface area contributed by atoms with Gasteiger partial charge in [0.25, 0.3) is 0 Å². The van der Waals surface area contributed by atoms with Gasteiger partial charge >= 0.3 is 0 Å². The van der Waals surface area contributed by atoms with Crippen LogP contribution in [0.4, 0.5) is 0 Å². The number of carbonyl (C=O) groups excluding carboxylic acids is 1. The Labute approximate surface area is 99.1 Å². The first-order chi connectivity index (χ1) is 7.60. The van der Waals surface area contributed by atoms with Crippen molar-refractivity contribution in [2.75, 3.05) is 26.8 Å². The average Bonchev–Trinajstić information content (AvgIpc) is 2.26. The van der Waals surface area contributed by atoms with Gasteiger partial charge in [0.05, 0.1) is 13.2 Å². The molecule has 0 saturated carbocycles. The number of rotatable bonds is 9. The molecule has 0 spiro atoms. The summed E-state index contributed by atoms with van der Waals surface area (Å²) in [7, 11) is 1.62. The second kappa shape index (κ2) is 9.60. The van der Waals surface area contributed by atoms with Gasteiger partial charge in [-0.05, 0) is 19.3 Å². The molecule has 2 unspecified atom stereocenters. The van der Waals surface area contributed by atoms with Crippen LogP contribution in [0.3, 0.4) is 0 Å². The quantitative estimate of drug-likeness (QED) is 0.584. The van der Waals surface area contributed by atoms with Crippen molar-refractivity contribution >= 4 is 5.91 Å². The summed E-state index contributed by atoms with van der Waals surface area (Å²) in [6.07, 6.45) is 2.30. The number of ether oxygens (including phenoxy) is 1. The summed E-state index contributed by atoms with van der Waals surface area (Å²) in [6.45, 7) is 8.08. The van der Waals surface area contributed by atoms with Crippen molar-refractivity contribution in [1.29, 1.82) is 0 Å². The maximum Gasteiger partial charge on any atom is 0.234 e. The van der Waals surface area contributed by atoms with Crippen molar-refractivity contribution < 1.29 is 9.53 Å². The van der Waals surface area contributed by atoms with Gasteiger partial charge in [0.1, 0.15) is 0 Å². The maximum atomic E-state index is 11.3. The molecule has 0 aliphatic heterocycles. The molecule has 1 amide bonds. The molecule has 96 valence electrons. The minimum atomic E-state index is 0.0352. The average molecular weight is 230 g/mol. The van der Waals surface area contributed by atoms with Crippen LogP contribution in [0.2, 0.25) is 0 Å². The third kappa shape index (κ3) is 8.68. The standard InChI is InChI=1S/C12H26N2O2/c1-5-10(2)8-11(3)14-9-12(15)13-6-7-16-4/h10-11,14H,5-9H2,1-4H3,(H,13,15). The number of methoxy groups -OCH3 is 1. The Morgan fingerprint density at radius 2 is 2.06 bits per heavy atom. The van der Waals surface area contributed by atoms with Crippen LogP contribution in [0, 0.1) is 5.92 Å². The number of carbonyl (C=O) groups is 1. The summed E-state index contributed by atoms with van der Waals surface area (Å²) in [6, 6.07) is 0.392. The monoisotopic (exact) mass is 230 g/mol. The minimum absolute atomic E-state index is 0.0352. The smallest absolute Gasteiger partial charge is 0.234 e. The van der Waals surface area contributed by atoms with Gasteiger partial charge in [-0.1, -0.05) is 20.3 Å². The van der Waals surface area contributed by atoms with E-state index in [-0.39, 0.29) is 5.91 Å². The summed E-state index contributed by atoms with van der Waals surface area (Å²) in [5.41, 5.74) is 0. The van der Waals surface area contributed by atoms with E-state index in [9.17, 15) is 4.79 Å². The molecule has 0 aromatic heterocycles. The second-order valence-corrected chi connectivity index (χ2v) is 4.37. The SMILES string of the molecule is CCC(C)CC(C)NCC(=O)NCCOC. The van der Waals surface area contributed by atoms with Crippen molar-refractivity contribution in [3.63, 3.8) is 0 Å². The molecule has 0 aliphatic rings. The van der Waals surface area contributed by atoms with E-state index < -0.39 is 0 Å². The summed E-state index contributed by atoms with van der Waals surface area (Å²) in [5, 5.41) is 6.00. The first-order valence-electron chi connectivity index (χ1n) is 6.09. The first kappa shape index (κ1) is 15.4. The Morgan fingerprint density at radius 1 is 1.38 bits per heavy atom. The lowest BCUT2D eigenvalue weighted by Gasteiger charge is -2.17. The van der Waals surface area contributed by atoms with Gasteiger partial charge in [-0.3, -0.25) is 4.79 Å². The van der Waals surface area contributed by atoms with Gasteiger partial charge in [0.2, 0.25) is 5.91 Å². The number of hydrogen-bond donors (Lipinski definition) is 2. The van der Waals surface area contributed by atoms with Crippen LogP contribution < -0.4 is 10.6 Å². The van der Waals surface area contributed by atoms with E-state index in [1.54, 1.807) is 7.11 Å². The molecule has 0 aromatic rings. The summed E-state index contributed by atoms with van der Waals surface area (Å²) in [4.78, 5) is 11.3. The largest absolute Gasteiger partial charge is 0.383 e. The van der Waals surface area contributed by atoms with Gasteiger partial charge in [-0.25, -0.2) is 0 Å². The van der Waals surface area contributed by atoms with Crippen molar-refractivity contribution in [2.45, 2.75) is 39.7 Å². The molecule has 0 aromatic carbocycles. The predicted molar refractivity (Wildman–Crippen MR) is 66.4 cm³/mol. The van der Waals surface area contributed by atoms with Crippen LogP contribution in [0.15, 0.2) is 0 Å². The number of hydrogen-bond acceptors (Lipinski definition) is 3. The van der Waals surface area contributed by atoms with E-state index in [1.807, 2.05) is 0 Å². The molecule has 0 heterocycles. The molecule has 4 nitrogen and oxygen atoms in total. The zero-order valence-corrected chi connectivity index (χ0v) is 11.0.